The quantitative estimate of drug-likeness (QED) is 0.788. The second-order valence-corrected chi connectivity index (χ2v) is 6.17. The molecule has 0 aliphatic heterocycles. The van der Waals surface area contributed by atoms with E-state index in [0.29, 0.717) is 19.0 Å². The van der Waals surface area contributed by atoms with E-state index >= 15 is 0 Å². The van der Waals surface area contributed by atoms with Crippen LogP contribution >= 0.6 is 23.1 Å². The van der Waals surface area contributed by atoms with Crippen molar-refractivity contribution >= 4 is 23.1 Å². The van der Waals surface area contributed by atoms with Crippen molar-refractivity contribution < 1.29 is 9.84 Å². The lowest BCUT2D eigenvalue weighted by Gasteiger charge is -2.10. The molecule has 0 amide bonds. The van der Waals surface area contributed by atoms with Crippen LogP contribution in [0.3, 0.4) is 0 Å². The predicted molar refractivity (Wildman–Crippen MR) is 77.1 cm³/mol. The first-order chi connectivity index (χ1) is 8.84. The Bertz CT molecular complexity index is 428. The van der Waals surface area contributed by atoms with Gasteiger partial charge in [0.1, 0.15) is 0 Å². The van der Waals surface area contributed by atoms with E-state index in [4.69, 9.17) is 4.74 Å². The van der Waals surface area contributed by atoms with Crippen LogP contribution in [0, 0.1) is 0 Å². The van der Waals surface area contributed by atoms with Crippen LogP contribution in [0.15, 0.2) is 52.1 Å². The summed E-state index contributed by atoms with van der Waals surface area (Å²) in [6.45, 7) is 0.939. The van der Waals surface area contributed by atoms with E-state index in [1.165, 1.54) is 4.21 Å². The van der Waals surface area contributed by atoms with Crippen molar-refractivity contribution in [2.24, 2.45) is 0 Å². The summed E-state index contributed by atoms with van der Waals surface area (Å²) in [7, 11) is 0. The Morgan fingerprint density at radius 2 is 2.00 bits per heavy atom. The molecule has 1 aromatic carbocycles. The zero-order valence-corrected chi connectivity index (χ0v) is 11.6. The van der Waals surface area contributed by atoms with Gasteiger partial charge in [-0.05, 0) is 17.0 Å². The molecule has 0 aliphatic rings. The number of ether oxygens (including phenoxy) is 1. The maximum atomic E-state index is 9.78. The lowest BCUT2D eigenvalue weighted by molar-refractivity contribution is 0.0398. The van der Waals surface area contributed by atoms with Crippen LogP contribution in [0.5, 0.6) is 0 Å². The third-order valence-corrected chi connectivity index (χ3v) is 4.61. The van der Waals surface area contributed by atoms with Gasteiger partial charge in [-0.1, -0.05) is 36.4 Å². The van der Waals surface area contributed by atoms with Crippen molar-refractivity contribution in [3.8, 4) is 0 Å². The van der Waals surface area contributed by atoms with Gasteiger partial charge < -0.3 is 9.84 Å². The Morgan fingerprint density at radius 3 is 2.72 bits per heavy atom. The van der Waals surface area contributed by atoms with Gasteiger partial charge in [0.25, 0.3) is 0 Å². The highest BCUT2D eigenvalue weighted by molar-refractivity contribution is 8.01. The second-order valence-electron chi connectivity index (χ2n) is 3.90. The molecule has 2 aromatic rings. The lowest BCUT2D eigenvalue weighted by Crippen LogP contribution is -2.17. The molecular weight excluding hydrogens is 264 g/mol. The first kappa shape index (κ1) is 13.6. The molecule has 2 rings (SSSR count). The van der Waals surface area contributed by atoms with E-state index in [2.05, 4.69) is 6.07 Å². The molecular formula is C14H16O2S2. The second kappa shape index (κ2) is 7.59. The maximum Gasteiger partial charge on any atom is 0.0867 e. The first-order valence-electron chi connectivity index (χ1n) is 5.80. The van der Waals surface area contributed by atoms with Crippen LogP contribution in [0.1, 0.15) is 5.56 Å². The Hall–Kier alpha value is -0.810. The minimum Gasteiger partial charge on any atom is -0.390 e. The molecule has 1 unspecified atom stereocenters. The largest absolute Gasteiger partial charge is 0.390 e. The highest BCUT2D eigenvalue weighted by atomic mass is 32.2. The Labute approximate surface area is 116 Å². The van der Waals surface area contributed by atoms with Gasteiger partial charge in [0.05, 0.1) is 23.5 Å². The molecule has 1 N–H and O–H groups in total. The summed E-state index contributed by atoms with van der Waals surface area (Å²) in [5.74, 6) is 0.676. The molecule has 0 bridgehead atoms. The molecule has 1 aromatic heterocycles. The molecule has 4 heteroatoms. The zero-order valence-electron chi connectivity index (χ0n) is 9.99. The number of aliphatic hydroxyl groups is 1. The minimum absolute atomic E-state index is 0.382. The van der Waals surface area contributed by atoms with Gasteiger partial charge >= 0.3 is 0 Å². The average molecular weight is 280 g/mol. The molecule has 0 spiro atoms. The highest BCUT2D eigenvalue weighted by Crippen LogP contribution is 2.23. The summed E-state index contributed by atoms with van der Waals surface area (Å²) in [6, 6.07) is 14.1. The topological polar surface area (TPSA) is 29.5 Å². The van der Waals surface area contributed by atoms with E-state index in [-0.39, 0.29) is 0 Å². The predicted octanol–water partition coefficient (Wildman–Crippen LogP) is 3.42. The van der Waals surface area contributed by atoms with Gasteiger partial charge in [0.15, 0.2) is 0 Å². The molecule has 2 nitrogen and oxygen atoms in total. The minimum atomic E-state index is -0.416. The van der Waals surface area contributed by atoms with Crippen LogP contribution in [0.2, 0.25) is 0 Å². The third-order valence-electron chi connectivity index (χ3n) is 2.33. The molecule has 96 valence electrons. The van der Waals surface area contributed by atoms with Crippen molar-refractivity contribution in [1.29, 1.82) is 0 Å². The van der Waals surface area contributed by atoms with Gasteiger partial charge in [0, 0.05) is 5.75 Å². The number of hydrogen-bond donors (Lipinski definition) is 1. The number of rotatable bonds is 7. The molecule has 0 saturated carbocycles. The van der Waals surface area contributed by atoms with Crippen molar-refractivity contribution in [2.45, 2.75) is 16.9 Å². The molecule has 1 atom stereocenters. The fraction of sp³-hybridized carbons (Fsp3) is 0.286. The van der Waals surface area contributed by atoms with Gasteiger partial charge in [-0.2, -0.15) is 0 Å². The maximum absolute atomic E-state index is 9.78. The van der Waals surface area contributed by atoms with Gasteiger partial charge in [0.2, 0.25) is 0 Å². The van der Waals surface area contributed by atoms with Crippen LogP contribution in [-0.2, 0) is 11.3 Å². The molecule has 0 radical (unpaired) electrons. The van der Waals surface area contributed by atoms with Crippen LogP contribution in [-0.4, -0.2) is 23.6 Å². The van der Waals surface area contributed by atoms with Crippen molar-refractivity contribution in [2.75, 3.05) is 12.4 Å². The normalized spacial score (nSPS) is 12.5. The monoisotopic (exact) mass is 280 g/mol. The number of thiophene rings is 1. The fourth-order valence-electron chi connectivity index (χ4n) is 1.46. The molecule has 0 saturated heterocycles. The lowest BCUT2D eigenvalue weighted by atomic mass is 10.2. The first-order valence-corrected chi connectivity index (χ1v) is 7.67. The highest BCUT2D eigenvalue weighted by Gasteiger charge is 2.06. The van der Waals surface area contributed by atoms with Crippen LogP contribution in [0.25, 0.3) is 0 Å². The Kier molecular flexibility index (Phi) is 5.74. The summed E-state index contributed by atoms with van der Waals surface area (Å²) in [5.41, 5.74) is 1.13. The standard InChI is InChI=1S/C14H16O2S2/c15-13(11-18-14-7-4-8-17-14)10-16-9-12-5-2-1-3-6-12/h1-8,13,15H,9-11H2. The van der Waals surface area contributed by atoms with Crippen LogP contribution < -0.4 is 0 Å². The SMILES string of the molecule is OC(COCc1ccccc1)CSc1cccs1. The number of aliphatic hydroxyl groups excluding tert-OH is 1. The molecule has 1 heterocycles. The number of hydrogen-bond acceptors (Lipinski definition) is 4. The van der Waals surface area contributed by atoms with Gasteiger partial charge in [-0.25, -0.2) is 0 Å². The zero-order chi connectivity index (χ0) is 12.6. The Balaban J connectivity index is 1.61. The van der Waals surface area contributed by atoms with E-state index in [1.807, 2.05) is 41.8 Å². The average Bonchev–Trinajstić information content (AvgIpc) is 2.91. The van der Waals surface area contributed by atoms with E-state index in [0.717, 1.165) is 5.56 Å². The Morgan fingerprint density at radius 1 is 1.17 bits per heavy atom. The summed E-state index contributed by atoms with van der Waals surface area (Å²) in [5, 5.41) is 11.8. The summed E-state index contributed by atoms with van der Waals surface area (Å²) < 4.78 is 6.72. The van der Waals surface area contributed by atoms with E-state index in [1.54, 1.807) is 23.1 Å². The number of benzene rings is 1. The van der Waals surface area contributed by atoms with Crippen molar-refractivity contribution in [1.82, 2.24) is 0 Å². The third kappa shape index (κ3) is 4.82. The van der Waals surface area contributed by atoms with E-state index < -0.39 is 6.10 Å². The summed E-state index contributed by atoms with van der Waals surface area (Å²) in [4.78, 5) is 0. The molecule has 0 fully saturated rings. The molecule has 18 heavy (non-hydrogen) atoms. The fourth-order valence-corrected chi connectivity index (χ4v) is 3.18. The van der Waals surface area contributed by atoms with Crippen LogP contribution in [0.4, 0.5) is 0 Å². The number of thioether (sulfide) groups is 1. The van der Waals surface area contributed by atoms with Gasteiger partial charge in [-0.15, -0.1) is 23.1 Å². The van der Waals surface area contributed by atoms with Crippen molar-refractivity contribution in [3.63, 3.8) is 0 Å². The van der Waals surface area contributed by atoms with Gasteiger partial charge in [-0.3, -0.25) is 0 Å². The summed E-state index contributed by atoms with van der Waals surface area (Å²) in [6.07, 6.45) is -0.416. The van der Waals surface area contributed by atoms with Crippen molar-refractivity contribution in [3.05, 3.63) is 53.4 Å². The molecule has 0 aliphatic carbocycles. The van der Waals surface area contributed by atoms with E-state index in [9.17, 15) is 5.11 Å². The smallest absolute Gasteiger partial charge is 0.0867 e. The summed E-state index contributed by atoms with van der Waals surface area (Å²) >= 11 is 3.37.